The Kier molecular flexibility index (Phi) is 4.57. The summed E-state index contributed by atoms with van der Waals surface area (Å²) in [6.07, 6.45) is 3.09. The van der Waals surface area contributed by atoms with E-state index in [0.717, 1.165) is 38.9 Å². The van der Waals surface area contributed by atoms with E-state index in [1.54, 1.807) is 11.3 Å². The molecule has 1 saturated heterocycles. The lowest BCUT2D eigenvalue weighted by Crippen LogP contribution is -2.51. The lowest BCUT2D eigenvalue weighted by molar-refractivity contribution is -0.135. The van der Waals surface area contributed by atoms with E-state index in [4.69, 9.17) is 0 Å². The first-order chi connectivity index (χ1) is 8.31. The second-order valence-electron chi connectivity index (χ2n) is 4.46. The van der Waals surface area contributed by atoms with Crippen molar-refractivity contribution in [1.82, 2.24) is 10.2 Å². The summed E-state index contributed by atoms with van der Waals surface area (Å²) >= 11 is 1.72. The highest BCUT2D eigenvalue weighted by Gasteiger charge is 2.27. The van der Waals surface area contributed by atoms with Gasteiger partial charge in [0.15, 0.2) is 0 Å². The summed E-state index contributed by atoms with van der Waals surface area (Å²) in [5, 5.41) is 7.52. The molecule has 1 aromatic heterocycles. The molecule has 0 radical (unpaired) electrons. The van der Waals surface area contributed by atoms with Crippen LogP contribution < -0.4 is 5.32 Å². The van der Waals surface area contributed by atoms with Crippen LogP contribution in [-0.4, -0.2) is 36.5 Å². The van der Waals surface area contributed by atoms with Crippen molar-refractivity contribution >= 4 is 17.2 Å². The number of hydrogen-bond donors (Lipinski definition) is 1. The number of nitrogens with zero attached hydrogens (tertiary/aromatic N) is 1. The van der Waals surface area contributed by atoms with Gasteiger partial charge in [-0.25, -0.2) is 0 Å². The Bertz CT molecular complexity index is 348. The third-order valence-corrected chi connectivity index (χ3v) is 3.96. The van der Waals surface area contributed by atoms with Gasteiger partial charge >= 0.3 is 0 Å². The number of rotatable bonds is 5. The van der Waals surface area contributed by atoms with Gasteiger partial charge in [-0.2, -0.15) is 11.3 Å². The zero-order chi connectivity index (χ0) is 12.1. The van der Waals surface area contributed by atoms with Crippen molar-refractivity contribution in [2.75, 3.05) is 19.6 Å². The molecule has 1 aliphatic rings. The van der Waals surface area contributed by atoms with Gasteiger partial charge in [-0.3, -0.25) is 4.79 Å². The summed E-state index contributed by atoms with van der Waals surface area (Å²) in [6, 6.07) is 2.19. The van der Waals surface area contributed by atoms with Crippen molar-refractivity contribution in [2.45, 2.75) is 32.2 Å². The van der Waals surface area contributed by atoms with E-state index in [1.165, 1.54) is 5.56 Å². The number of carbonyl (C=O) groups is 1. The fraction of sp³-hybridized carbons (Fsp3) is 0.615. The van der Waals surface area contributed by atoms with E-state index in [9.17, 15) is 4.79 Å². The molecule has 1 aromatic rings. The maximum atomic E-state index is 12.1. The first-order valence-corrected chi connectivity index (χ1v) is 7.28. The Morgan fingerprint density at radius 2 is 2.47 bits per heavy atom. The molecule has 1 fully saturated rings. The smallest absolute Gasteiger partial charge is 0.239 e. The Morgan fingerprint density at radius 1 is 1.59 bits per heavy atom. The van der Waals surface area contributed by atoms with Crippen molar-refractivity contribution in [1.29, 1.82) is 0 Å². The van der Waals surface area contributed by atoms with Gasteiger partial charge in [0, 0.05) is 13.1 Å². The van der Waals surface area contributed by atoms with Crippen LogP contribution in [-0.2, 0) is 11.2 Å². The molecule has 1 unspecified atom stereocenters. The number of nitrogens with one attached hydrogen (secondary N) is 1. The molecule has 1 aliphatic heterocycles. The van der Waals surface area contributed by atoms with Crippen LogP contribution in [0.1, 0.15) is 25.3 Å². The fourth-order valence-corrected chi connectivity index (χ4v) is 3.00. The molecule has 17 heavy (non-hydrogen) atoms. The van der Waals surface area contributed by atoms with Crippen molar-refractivity contribution in [3.05, 3.63) is 22.4 Å². The molecule has 0 saturated carbocycles. The average molecular weight is 252 g/mol. The topological polar surface area (TPSA) is 32.3 Å². The lowest BCUT2D eigenvalue weighted by Gasteiger charge is -2.32. The minimum atomic E-state index is 0.0521. The van der Waals surface area contributed by atoms with Gasteiger partial charge in [0.05, 0.1) is 6.04 Å². The number of carbonyl (C=O) groups excluding carboxylic acids is 1. The van der Waals surface area contributed by atoms with Gasteiger partial charge in [0.2, 0.25) is 5.91 Å². The molecular formula is C13H20N2OS. The summed E-state index contributed by atoms with van der Waals surface area (Å²) in [5.41, 5.74) is 1.34. The van der Waals surface area contributed by atoms with Gasteiger partial charge in [-0.05, 0) is 48.2 Å². The molecule has 4 heteroatoms. The highest BCUT2D eigenvalue weighted by molar-refractivity contribution is 7.07. The molecule has 2 heterocycles. The van der Waals surface area contributed by atoms with Crippen molar-refractivity contribution < 1.29 is 4.79 Å². The lowest BCUT2D eigenvalue weighted by atomic mass is 10.0. The number of hydrogen-bond acceptors (Lipinski definition) is 3. The predicted octanol–water partition coefficient (Wildman–Crippen LogP) is 1.89. The Hall–Kier alpha value is -0.870. The van der Waals surface area contributed by atoms with Gasteiger partial charge in [-0.15, -0.1) is 0 Å². The summed E-state index contributed by atoms with van der Waals surface area (Å²) in [4.78, 5) is 14.1. The summed E-state index contributed by atoms with van der Waals surface area (Å²) in [7, 11) is 0. The van der Waals surface area contributed by atoms with Crippen molar-refractivity contribution in [2.24, 2.45) is 0 Å². The van der Waals surface area contributed by atoms with Gasteiger partial charge in [-0.1, -0.05) is 6.92 Å². The second-order valence-corrected chi connectivity index (χ2v) is 5.24. The van der Waals surface area contributed by atoms with Crippen LogP contribution in [0.2, 0.25) is 0 Å². The largest absolute Gasteiger partial charge is 0.341 e. The monoisotopic (exact) mass is 252 g/mol. The molecule has 0 aromatic carbocycles. The zero-order valence-electron chi connectivity index (χ0n) is 10.3. The van der Waals surface area contributed by atoms with E-state index < -0.39 is 0 Å². The molecule has 0 aliphatic carbocycles. The van der Waals surface area contributed by atoms with Gasteiger partial charge in [0.25, 0.3) is 0 Å². The van der Waals surface area contributed by atoms with Crippen molar-refractivity contribution in [3.8, 4) is 0 Å². The molecule has 1 atom stereocenters. The summed E-state index contributed by atoms with van der Waals surface area (Å²) in [6.45, 7) is 4.70. The normalized spacial score (nSPS) is 20.9. The van der Waals surface area contributed by atoms with Crippen LogP contribution in [0.25, 0.3) is 0 Å². The van der Waals surface area contributed by atoms with E-state index in [0.29, 0.717) is 0 Å². The molecule has 3 nitrogen and oxygen atoms in total. The van der Waals surface area contributed by atoms with Crippen molar-refractivity contribution in [3.63, 3.8) is 0 Å². The van der Waals surface area contributed by atoms with Crippen LogP contribution in [0.4, 0.5) is 0 Å². The van der Waals surface area contributed by atoms with Gasteiger partial charge < -0.3 is 10.2 Å². The maximum Gasteiger partial charge on any atom is 0.239 e. The summed E-state index contributed by atoms with van der Waals surface area (Å²) in [5.74, 6) is 0.285. The average Bonchev–Trinajstić information content (AvgIpc) is 2.83. The Labute approximate surface area is 107 Å². The minimum absolute atomic E-state index is 0.0521. The molecule has 1 N–H and O–H groups in total. The SMILES string of the molecule is CCNC1CCCN(CCc2ccsc2)C1=O. The third-order valence-electron chi connectivity index (χ3n) is 3.23. The Morgan fingerprint density at radius 3 is 3.18 bits per heavy atom. The minimum Gasteiger partial charge on any atom is -0.341 e. The second kappa shape index (κ2) is 6.17. The molecule has 94 valence electrons. The zero-order valence-corrected chi connectivity index (χ0v) is 11.1. The summed E-state index contributed by atoms with van der Waals surface area (Å²) < 4.78 is 0. The third kappa shape index (κ3) is 3.30. The number of piperidine rings is 1. The first-order valence-electron chi connectivity index (χ1n) is 6.34. The standard InChI is InChI=1S/C13H20N2OS/c1-2-14-12-4-3-7-15(13(12)16)8-5-11-6-9-17-10-11/h6,9-10,12,14H,2-5,7-8H2,1H3. The number of thiophene rings is 1. The Balaban J connectivity index is 1.85. The van der Waals surface area contributed by atoms with Gasteiger partial charge in [0.1, 0.15) is 0 Å². The van der Waals surface area contributed by atoms with E-state index in [1.807, 2.05) is 4.90 Å². The van der Waals surface area contributed by atoms with E-state index >= 15 is 0 Å². The predicted molar refractivity (Wildman–Crippen MR) is 71.3 cm³/mol. The highest BCUT2D eigenvalue weighted by Crippen LogP contribution is 2.13. The number of likely N-dealkylation sites (tertiary alicyclic amines) is 1. The number of amides is 1. The van der Waals surface area contributed by atoms with E-state index in [2.05, 4.69) is 29.1 Å². The molecule has 2 rings (SSSR count). The first kappa shape index (κ1) is 12.6. The highest BCUT2D eigenvalue weighted by atomic mass is 32.1. The number of likely N-dealkylation sites (N-methyl/N-ethyl adjacent to an activating group) is 1. The fourth-order valence-electron chi connectivity index (χ4n) is 2.30. The van der Waals surface area contributed by atoms with Crippen LogP contribution in [0.5, 0.6) is 0 Å². The van der Waals surface area contributed by atoms with Crippen LogP contribution in [0.3, 0.4) is 0 Å². The maximum absolute atomic E-state index is 12.1. The van der Waals surface area contributed by atoms with Crippen LogP contribution in [0.15, 0.2) is 16.8 Å². The van der Waals surface area contributed by atoms with Crippen LogP contribution >= 0.6 is 11.3 Å². The molecule has 1 amide bonds. The quantitative estimate of drug-likeness (QED) is 0.868. The molecule has 0 bridgehead atoms. The van der Waals surface area contributed by atoms with E-state index in [-0.39, 0.29) is 11.9 Å². The molecule has 0 spiro atoms. The van der Waals surface area contributed by atoms with Crippen LogP contribution in [0, 0.1) is 0 Å². The molecular weight excluding hydrogens is 232 g/mol.